The van der Waals surface area contributed by atoms with Gasteiger partial charge in [0.2, 0.25) is 5.92 Å². The van der Waals surface area contributed by atoms with Crippen LogP contribution in [0.25, 0.3) is 0 Å². The quantitative estimate of drug-likeness (QED) is 0.742. The molecule has 1 saturated heterocycles. The molecule has 5 nitrogen and oxygen atoms in total. The van der Waals surface area contributed by atoms with Crippen molar-refractivity contribution in [2.24, 2.45) is 0 Å². The lowest BCUT2D eigenvalue weighted by atomic mass is 9.89. The molecule has 1 amide bonds. The minimum atomic E-state index is -2.55. The number of carbonyl (C=O) groups is 2. The first kappa shape index (κ1) is 22.9. The van der Waals surface area contributed by atoms with Gasteiger partial charge in [-0.15, -0.1) is 12.4 Å². The molecule has 2 heterocycles. The predicted molar refractivity (Wildman–Crippen MR) is 107 cm³/mol. The lowest BCUT2D eigenvalue weighted by Gasteiger charge is -2.43. The van der Waals surface area contributed by atoms with Crippen LogP contribution in [0, 0.1) is 5.82 Å². The largest absolute Gasteiger partial charge is 0.478 e. The third-order valence-corrected chi connectivity index (χ3v) is 6.78. The number of halogens is 4. The van der Waals surface area contributed by atoms with Crippen molar-refractivity contribution in [1.82, 2.24) is 9.80 Å². The lowest BCUT2D eigenvalue weighted by molar-refractivity contribution is -0.0577. The van der Waals surface area contributed by atoms with Gasteiger partial charge in [0.15, 0.2) is 0 Å². The van der Waals surface area contributed by atoms with Crippen LogP contribution in [-0.2, 0) is 0 Å². The zero-order chi connectivity index (χ0) is 20.9. The number of alkyl halides is 2. The zero-order valence-electron chi connectivity index (χ0n) is 16.7. The first-order valence-electron chi connectivity index (χ1n) is 10.2. The summed E-state index contributed by atoms with van der Waals surface area (Å²) in [5.74, 6) is -4.88. The third kappa shape index (κ3) is 4.04. The van der Waals surface area contributed by atoms with E-state index < -0.39 is 23.8 Å². The van der Waals surface area contributed by atoms with Crippen LogP contribution in [-0.4, -0.2) is 57.9 Å². The third-order valence-electron chi connectivity index (χ3n) is 6.78. The molecule has 1 aromatic rings. The molecular formula is C21H26ClF3N2O3. The number of aromatic carboxylic acids is 1. The molecule has 30 heavy (non-hydrogen) atoms. The van der Waals surface area contributed by atoms with E-state index in [2.05, 4.69) is 4.90 Å². The first-order valence-corrected chi connectivity index (χ1v) is 10.2. The van der Waals surface area contributed by atoms with Crippen molar-refractivity contribution in [1.29, 1.82) is 0 Å². The van der Waals surface area contributed by atoms with Crippen molar-refractivity contribution in [2.75, 3.05) is 13.1 Å². The molecular weight excluding hydrogens is 421 g/mol. The van der Waals surface area contributed by atoms with Gasteiger partial charge < -0.3 is 14.9 Å². The highest BCUT2D eigenvalue weighted by Gasteiger charge is 2.43. The second-order valence-corrected chi connectivity index (χ2v) is 8.47. The molecule has 3 aliphatic rings. The maximum atomic E-state index is 13.9. The van der Waals surface area contributed by atoms with Gasteiger partial charge >= 0.3 is 5.97 Å². The highest BCUT2D eigenvalue weighted by atomic mass is 35.5. The number of piperidine rings is 1. The average molecular weight is 447 g/mol. The summed E-state index contributed by atoms with van der Waals surface area (Å²) in [5.41, 5.74) is 0.215. The Morgan fingerprint density at radius 3 is 2.27 bits per heavy atom. The van der Waals surface area contributed by atoms with E-state index in [-0.39, 0.29) is 54.4 Å². The number of nitrogens with zero attached hydrogens (tertiary/aromatic N) is 2. The summed E-state index contributed by atoms with van der Waals surface area (Å²) < 4.78 is 40.7. The fraction of sp³-hybridized carbons (Fsp3) is 0.619. The Labute approximate surface area is 179 Å². The van der Waals surface area contributed by atoms with Crippen LogP contribution in [0.3, 0.4) is 0 Å². The van der Waals surface area contributed by atoms with E-state index in [0.717, 1.165) is 6.07 Å². The molecule has 1 aromatic carbocycles. The minimum absolute atomic E-state index is 0. The van der Waals surface area contributed by atoms with E-state index in [9.17, 15) is 27.9 Å². The van der Waals surface area contributed by atoms with Gasteiger partial charge in [0.1, 0.15) is 5.82 Å². The summed E-state index contributed by atoms with van der Waals surface area (Å²) in [4.78, 5) is 28.5. The number of rotatable bonds is 3. The van der Waals surface area contributed by atoms with Gasteiger partial charge in [0.25, 0.3) is 5.91 Å². The Morgan fingerprint density at radius 2 is 1.70 bits per heavy atom. The van der Waals surface area contributed by atoms with Crippen LogP contribution in [0.5, 0.6) is 0 Å². The molecule has 1 N–H and O–H groups in total. The second-order valence-electron chi connectivity index (χ2n) is 8.47. The molecule has 166 valence electrons. The van der Waals surface area contributed by atoms with Gasteiger partial charge in [-0.25, -0.2) is 18.0 Å². The standard InChI is InChI=1S/C21H25F3N2O3.ClH/c1-12-16-10-13(22)11-17(20(28)29)18(16)19(27)26(12)15-4-8-25(9-5-15)14-2-6-21(23,24)7-3-14;/h10-12,14-15H,2-9H2,1H3,(H,28,29);1H. The monoisotopic (exact) mass is 446 g/mol. The molecule has 0 radical (unpaired) electrons. The van der Waals surface area contributed by atoms with Gasteiger partial charge in [-0.1, -0.05) is 0 Å². The summed E-state index contributed by atoms with van der Waals surface area (Å²) in [7, 11) is 0. The highest BCUT2D eigenvalue weighted by Crippen LogP contribution is 2.40. The molecule has 4 rings (SSSR count). The molecule has 0 bridgehead atoms. The summed E-state index contributed by atoms with van der Waals surface area (Å²) in [6.45, 7) is 3.23. The highest BCUT2D eigenvalue weighted by molar-refractivity contribution is 6.08. The van der Waals surface area contributed by atoms with Crippen LogP contribution in [0.2, 0.25) is 0 Å². The first-order chi connectivity index (χ1) is 13.7. The summed E-state index contributed by atoms with van der Waals surface area (Å²) in [6, 6.07) is 1.84. The molecule has 1 atom stereocenters. The number of fused-ring (bicyclic) bond motifs is 1. The Balaban J connectivity index is 0.00000256. The summed E-state index contributed by atoms with van der Waals surface area (Å²) >= 11 is 0. The van der Waals surface area contributed by atoms with E-state index >= 15 is 0 Å². The van der Waals surface area contributed by atoms with Gasteiger partial charge in [-0.3, -0.25) is 4.79 Å². The van der Waals surface area contributed by atoms with E-state index in [1.165, 1.54) is 6.07 Å². The number of likely N-dealkylation sites (tertiary alicyclic amines) is 1. The SMILES string of the molecule is CC1c2cc(F)cc(C(=O)O)c2C(=O)N1C1CCN(C2CCC(F)(F)CC2)CC1.Cl. The van der Waals surface area contributed by atoms with E-state index in [1.807, 2.05) is 0 Å². The van der Waals surface area contributed by atoms with Crippen molar-refractivity contribution < 1.29 is 27.9 Å². The molecule has 0 spiro atoms. The van der Waals surface area contributed by atoms with Crippen LogP contribution in [0.15, 0.2) is 12.1 Å². The fourth-order valence-corrected chi connectivity index (χ4v) is 5.22. The fourth-order valence-electron chi connectivity index (χ4n) is 5.22. The Bertz CT molecular complexity index is 833. The number of hydrogen-bond donors (Lipinski definition) is 1. The van der Waals surface area contributed by atoms with Gasteiger partial charge in [0, 0.05) is 38.0 Å². The van der Waals surface area contributed by atoms with Crippen molar-refractivity contribution in [3.8, 4) is 0 Å². The summed E-state index contributed by atoms with van der Waals surface area (Å²) in [6.07, 6.45) is 2.23. The molecule has 2 fully saturated rings. The topological polar surface area (TPSA) is 60.9 Å². The Morgan fingerprint density at radius 1 is 1.10 bits per heavy atom. The van der Waals surface area contributed by atoms with Gasteiger partial charge in [0.05, 0.1) is 17.2 Å². The lowest BCUT2D eigenvalue weighted by Crippen LogP contribution is -2.50. The minimum Gasteiger partial charge on any atom is -0.478 e. The Hall–Kier alpha value is -1.80. The molecule has 1 aliphatic carbocycles. The van der Waals surface area contributed by atoms with E-state index in [4.69, 9.17) is 0 Å². The van der Waals surface area contributed by atoms with E-state index in [1.54, 1.807) is 11.8 Å². The van der Waals surface area contributed by atoms with Crippen LogP contribution in [0.1, 0.15) is 77.8 Å². The number of hydrogen-bond acceptors (Lipinski definition) is 3. The number of amides is 1. The number of carbonyl (C=O) groups excluding carboxylic acids is 1. The van der Waals surface area contributed by atoms with Crippen molar-refractivity contribution in [3.05, 3.63) is 34.6 Å². The second kappa shape index (κ2) is 8.38. The van der Waals surface area contributed by atoms with E-state index in [0.29, 0.717) is 44.3 Å². The number of carboxylic acids is 1. The maximum absolute atomic E-state index is 13.9. The smallest absolute Gasteiger partial charge is 0.336 e. The number of carboxylic acid groups (broad SMARTS) is 1. The molecule has 1 saturated carbocycles. The average Bonchev–Trinajstić information content (AvgIpc) is 2.92. The molecule has 9 heteroatoms. The molecule has 1 unspecified atom stereocenters. The molecule has 0 aromatic heterocycles. The molecule has 2 aliphatic heterocycles. The maximum Gasteiger partial charge on any atom is 0.336 e. The normalized spacial score (nSPS) is 25.1. The Kier molecular flexibility index (Phi) is 6.39. The number of benzene rings is 1. The van der Waals surface area contributed by atoms with Crippen molar-refractivity contribution >= 4 is 24.3 Å². The summed E-state index contributed by atoms with van der Waals surface area (Å²) in [5, 5.41) is 9.39. The van der Waals surface area contributed by atoms with Crippen molar-refractivity contribution in [3.63, 3.8) is 0 Å². The van der Waals surface area contributed by atoms with Gasteiger partial charge in [-0.2, -0.15) is 0 Å². The predicted octanol–water partition coefficient (Wildman–Crippen LogP) is 4.50. The van der Waals surface area contributed by atoms with Gasteiger partial charge in [-0.05, 0) is 50.3 Å². The van der Waals surface area contributed by atoms with Crippen LogP contribution >= 0.6 is 12.4 Å². The van der Waals surface area contributed by atoms with Crippen LogP contribution in [0.4, 0.5) is 13.2 Å². The zero-order valence-corrected chi connectivity index (χ0v) is 17.6. The van der Waals surface area contributed by atoms with Crippen molar-refractivity contribution in [2.45, 2.75) is 69.5 Å². The van der Waals surface area contributed by atoms with Crippen LogP contribution < -0.4 is 0 Å².